The number of carbonyl (C=O) groups excluding carboxylic acids is 2. The van der Waals surface area contributed by atoms with E-state index in [1.165, 1.54) is 7.11 Å². The van der Waals surface area contributed by atoms with Gasteiger partial charge in [-0.1, -0.05) is 13.3 Å². The summed E-state index contributed by atoms with van der Waals surface area (Å²) in [5.74, 6) is -0.865. The number of pyridine rings is 1. The minimum atomic E-state index is -0.962. The largest absolute Gasteiger partial charge is 0.493 e. The number of carbonyl (C=O) groups is 3. The van der Waals surface area contributed by atoms with Crippen LogP contribution in [0.5, 0.6) is 17.2 Å². The van der Waals surface area contributed by atoms with Gasteiger partial charge in [-0.2, -0.15) is 0 Å². The van der Waals surface area contributed by atoms with E-state index in [0.717, 1.165) is 30.5 Å². The van der Waals surface area contributed by atoms with E-state index >= 15 is 0 Å². The lowest BCUT2D eigenvalue weighted by molar-refractivity contribution is -0.670. The Labute approximate surface area is 240 Å². The number of fused-ring (bicyclic) bond motifs is 1. The summed E-state index contributed by atoms with van der Waals surface area (Å²) < 4.78 is 18.6. The molecule has 3 aliphatic rings. The Kier molecular flexibility index (Phi) is 8.63. The maximum absolute atomic E-state index is 13.9. The summed E-state index contributed by atoms with van der Waals surface area (Å²) >= 11 is 0. The Morgan fingerprint density at radius 1 is 1.27 bits per heavy atom. The average molecular weight is 568 g/mol. The molecule has 2 amide bonds. The van der Waals surface area contributed by atoms with Gasteiger partial charge in [-0.05, 0) is 36.6 Å². The van der Waals surface area contributed by atoms with Crippen molar-refractivity contribution >= 4 is 23.5 Å². The molecule has 41 heavy (non-hydrogen) atoms. The monoisotopic (exact) mass is 567 g/mol. The van der Waals surface area contributed by atoms with Crippen molar-refractivity contribution in [2.75, 3.05) is 51.5 Å². The van der Waals surface area contributed by atoms with Gasteiger partial charge in [-0.3, -0.25) is 19.3 Å². The Bertz CT molecular complexity index is 1300. The molecule has 220 valence electrons. The van der Waals surface area contributed by atoms with E-state index in [-0.39, 0.29) is 31.7 Å². The smallest absolute Gasteiger partial charge is 0.308 e. The van der Waals surface area contributed by atoms with Gasteiger partial charge >= 0.3 is 5.97 Å². The number of rotatable bonds is 11. The number of aromatic nitrogens is 1. The topological polar surface area (TPSA) is 113 Å². The molecule has 11 nitrogen and oxygen atoms in total. The summed E-state index contributed by atoms with van der Waals surface area (Å²) in [6.07, 6.45) is 6.81. The molecule has 0 spiro atoms. The van der Waals surface area contributed by atoms with Gasteiger partial charge in [0.1, 0.15) is 12.7 Å². The van der Waals surface area contributed by atoms with Crippen molar-refractivity contribution in [3.8, 4) is 17.2 Å². The minimum Gasteiger partial charge on any atom is -0.493 e. The van der Waals surface area contributed by atoms with Crippen molar-refractivity contribution in [3.05, 3.63) is 42.2 Å². The summed E-state index contributed by atoms with van der Waals surface area (Å²) in [6.45, 7) is 3.94. The number of unbranched alkanes of at least 4 members (excludes halogenated alkanes) is 1. The molecule has 3 atom stereocenters. The van der Waals surface area contributed by atoms with E-state index in [1.54, 1.807) is 15.9 Å². The van der Waals surface area contributed by atoms with Gasteiger partial charge in [0, 0.05) is 50.6 Å². The molecule has 2 fully saturated rings. The summed E-state index contributed by atoms with van der Waals surface area (Å²) in [5, 5.41) is 10.5. The number of benzene rings is 1. The third kappa shape index (κ3) is 5.95. The van der Waals surface area contributed by atoms with Gasteiger partial charge in [-0.15, -0.1) is 0 Å². The number of aryl methyl sites for hydroxylation is 1. The van der Waals surface area contributed by atoms with Crippen molar-refractivity contribution in [1.82, 2.24) is 9.80 Å². The van der Waals surface area contributed by atoms with Gasteiger partial charge < -0.3 is 29.1 Å². The number of ether oxygens (including phenoxy) is 3. The second-order valence-corrected chi connectivity index (χ2v) is 11.0. The van der Waals surface area contributed by atoms with E-state index in [2.05, 4.69) is 6.92 Å². The lowest BCUT2D eigenvalue weighted by Gasteiger charge is -2.32. The first-order chi connectivity index (χ1) is 19.8. The van der Waals surface area contributed by atoms with Crippen molar-refractivity contribution in [2.45, 2.75) is 44.6 Å². The minimum absolute atomic E-state index is 0.0231. The van der Waals surface area contributed by atoms with Crippen LogP contribution in [0.4, 0.5) is 5.69 Å². The Balaban J connectivity index is 1.48. The molecule has 2 saturated heterocycles. The van der Waals surface area contributed by atoms with Crippen molar-refractivity contribution < 1.29 is 38.3 Å². The van der Waals surface area contributed by atoms with Gasteiger partial charge in [0.15, 0.2) is 23.9 Å². The lowest BCUT2D eigenvalue weighted by atomic mass is 9.84. The number of anilines is 1. The SMILES string of the molecule is CCCCN(C(=O)CN1C[C@H](c2cc(OC)c3c(c2)OCO3)[C@@H](C(=O)O)[C@@H]1CN1CCCC1=O)c1ccc[n+](C)c1. The Morgan fingerprint density at radius 3 is 2.78 bits per heavy atom. The van der Waals surface area contributed by atoms with E-state index in [9.17, 15) is 19.5 Å². The molecule has 1 aromatic carbocycles. The predicted molar refractivity (Wildman–Crippen MR) is 149 cm³/mol. The number of amides is 2. The van der Waals surface area contributed by atoms with E-state index in [0.29, 0.717) is 43.3 Å². The first-order valence-electron chi connectivity index (χ1n) is 14.3. The summed E-state index contributed by atoms with van der Waals surface area (Å²) in [7, 11) is 3.45. The normalized spacial score (nSPS) is 21.9. The number of aliphatic carboxylic acids is 1. The highest BCUT2D eigenvalue weighted by molar-refractivity contribution is 5.94. The van der Waals surface area contributed by atoms with Crippen LogP contribution >= 0.6 is 0 Å². The molecule has 11 heteroatoms. The molecule has 0 bridgehead atoms. The first kappa shape index (κ1) is 28.7. The van der Waals surface area contributed by atoms with Crippen LogP contribution in [0.15, 0.2) is 36.7 Å². The van der Waals surface area contributed by atoms with Crippen LogP contribution in [0.25, 0.3) is 0 Å². The van der Waals surface area contributed by atoms with Gasteiger partial charge in [-0.25, -0.2) is 4.57 Å². The second-order valence-electron chi connectivity index (χ2n) is 11.0. The third-order valence-corrected chi connectivity index (χ3v) is 8.33. The molecule has 1 N–H and O–H groups in total. The molecule has 0 saturated carbocycles. The molecule has 0 aliphatic carbocycles. The summed E-state index contributed by atoms with van der Waals surface area (Å²) in [4.78, 5) is 44.9. The molecule has 0 radical (unpaired) electrons. The number of carboxylic acids is 1. The van der Waals surface area contributed by atoms with Crippen molar-refractivity contribution in [3.63, 3.8) is 0 Å². The second kappa shape index (κ2) is 12.3. The zero-order chi connectivity index (χ0) is 29.1. The highest BCUT2D eigenvalue weighted by Gasteiger charge is 2.49. The number of likely N-dealkylation sites (tertiary alicyclic amines) is 2. The number of carboxylic acid groups (broad SMARTS) is 1. The Morgan fingerprint density at radius 2 is 2.10 bits per heavy atom. The van der Waals surface area contributed by atoms with Crippen LogP contribution in [-0.2, 0) is 21.4 Å². The zero-order valence-corrected chi connectivity index (χ0v) is 24.0. The zero-order valence-electron chi connectivity index (χ0n) is 24.0. The molecular weight excluding hydrogens is 528 g/mol. The van der Waals surface area contributed by atoms with Crippen LogP contribution < -0.4 is 23.7 Å². The maximum Gasteiger partial charge on any atom is 0.308 e. The van der Waals surface area contributed by atoms with Crippen LogP contribution in [0.3, 0.4) is 0 Å². The maximum atomic E-state index is 13.9. The van der Waals surface area contributed by atoms with Crippen molar-refractivity contribution in [2.24, 2.45) is 13.0 Å². The van der Waals surface area contributed by atoms with Gasteiger partial charge in [0.05, 0.1) is 19.6 Å². The standard InChI is InChI=1S/C30H38N4O7/c1-4-5-12-34(21-8-6-10-31(2)15-21)27(36)18-33-16-22(20-13-24(39-3)29-25(14-20)40-19-41-29)28(30(37)38)23(33)17-32-11-7-9-26(32)35/h6,8,10,13-15,22-23,28H,4-5,7,9,11-12,16-19H2,1-3H3/p+1/t22-,23+,28-/m1/s1. The van der Waals surface area contributed by atoms with Crippen molar-refractivity contribution in [1.29, 1.82) is 0 Å². The number of nitrogens with zero attached hydrogens (tertiary/aromatic N) is 4. The number of hydrogen-bond donors (Lipinski definition) is 1. The lowest BCUT2D eigenvalue weighted by Crippen LogP contribution is -2.49. The van der Waals surface area contributed by atoms with Gasteiger partial charge in [0.25, 0.3) is 0 Å². The highest BCUT2D eigenvalue weighted by atomic mass is 16.7. The fourth-order valence-corrected chi connectivity index (χ4v) is 6.25. The van der Waals surface area contributed by atoms with E-state index < -0.39 is 23.8 Å². The molecule has 0 unspecified atom stereocenters. The van der Waals surface area contributed by atoms with Crippen LogP contribution in [0.1, 0.15) is 44.1 Å². The quantitative estimate of drug-likeness (QED) is 0.411. The molecule has 3 aliphatic heterocycles. The third-order valence-electron chi connectivity index (χ3n) is 8.33. The average Bonchev–Trinajstić information content (AvgIpc) is 3.68. The highest BCUT2D eigenvalue weighted by Crippen LogP contribution is 2.47. The van der Waals surface area contributed by atoms with E-state index in [4.69, 9.17) is 14.2 Å². The molecule has 5 rings (SSSR count). The first-order valence-corrected chi connectivity index (χ1v) is 14.3. The number of methoxy groups -OCH3 is 1. The number of hydrogen-bond acceptors (Lipinski definition) is 7. The Hall–Kier alpha value is -3.86. The molecule has 4 heterocycles. The fourth-order valence-electron chi connectivity index (χ4n) is 6.25. The van der Waals surface area contributed by atoms with Crippen LogP contribution in [-0.4, -0.2) is 85.4 Å². The van der Waals surface area contributed by atoms with Crippen LogP contribution in [0, 0.1) is 5.92 Å². The predicted octanol–water partition coefficient (Wildman–Crippen LogP) is 2.17. The fraction of sp³-hybridized carbons (Fsp3) is 0.533. The molecule has 2 aromatic rings. The summed E-state index contributed by atoms with van der Waals surface area (Å²) in [6, 6.07) is 6.89. The molecular formula is C30H39N4O7+. The van der Waals surface area contributed by atoms with Crippen LogP contribution in [0.2, 0.25) is 0 Å². The van der Waals surface area contributed by atoms with E-state index in [1.807, 2.05) is 47.1 Å². The van der Waals surface area contributed by atoms with Gasteiger partial charge in [0.2, 0.25) is 24.4 Å². The summed E-state index contributed by atoms with van der Waals surface area (Å²) in [5.41, 5.74) is 1.54. The molecule has 1 aromatic heterocycles.